The molecule has 18 heavy (non-hydrogen) atoms. The van der Waals surface area contributed by atoms with Crippen LogP contribution in [0.15, 0.2) is 34.7 Å². The Balaban J connectivity index is 2.09. The first-order valence-corrected chi connectivity index (χ1v) is 6.38. The standard InChI is InChI=1S/C14H17N3O/c1-11-16-17-13(18-11)14(7-9-15-10-8-14)12-5-3-2-4-6-12/h2-6,15H,7-10H2,1H3. The summed E-state index contributed by atoms with van der Waals surface area (Å²) in [5.41, 5.74) is 1.16. The Morgan fingerprint density at radius 1 is 1.11 bits per heavy atom. The van der Waals surface area contributed by atoms with Gasteiger partial charge in [-0.2, -0.15) is 0 Å². The van der Waals surface area contributed by atoms with E-state index in [1.807, 2.05) is 13.0 Å². The van der Waals surface area contributed by atoms with E-state index in [1.165, 1.54) is 5.56 Å². The van der Waals surface area contributed by atoms with Crippen LogP contribution in [0.2, 0.25) is 0 Å². The minimum absolute atomic E-state index is 0.117. The van der Waals surface area contributed by atoms with Crippen LogP contribution in [0.25, 0.3) is 0 Å². The van der Waals surface area contributed by atoms with Crippen molar-refractivity contribution < 1.29 is 4.42 Å². The molecule has 4 heteroatoms. The fraction of sp³-hybridized carbons (Fsp3) is 0.429. The molecule has 1 N–H and O–H groups in total. The maximum Gasteiger partial charge on any atom is 0.227 e. The van der Waals surface area contributed by atoms with E-state index in [4.69, 9.17) is 4.42 Å². The van der Waals surface area contributed by atoms with Crippen molar-refractivity contribution >= 4 is 0 Å². The molecule has 1 aromatic heterocycles. The zero-order chi connectivity index (χ0) is 12.4. The number of aryl methyl sites for hydroxylation is 1. The summed E-state index contributed by atoms with van der Waals surface area (Å²) in [7, 11) is 0. The summed E-state index contributed by atoms with van der Waals surface area (Å²) in [6.45, 7) is 3.81. The first kappa shape index (κ1) is 11.4. The number of hydrogen-bond acceptors (Lipinski definition) is 4. The van der Waals surface area contributed by atoms with Gasteiger partial charge in [-0.3, -0.25) is 0 Å². The number of benzene rings is 1. The van der Waals surface area contributed by atoms with Gasteiger partial charge in [0.25, 0.3) is 0 Å². The van der Waals surface area contributed by atoms with Gasteiger partial charge in [-0.05, 0) is 31.5 Å². The largest absolute Gasteiger partial charge is 0.425 e. The normalized spacial score (nSPS) is 18.7. The second kappa shape index (κ2) is 4.53. The second-order valence-corrected chi connectivity index (χ2v) is 4.82. The van der Waals surface area contributed by atoms with Crippen molar-refractivity contribution in [3.63, 3.8) is 0 Å². The third-order valence-corrected chi connectivity index (χ3v) is 3.72. The molecule has 1 saturated heterocycles. The summed E-state index contributed by atoms with van der Waals surface area (Å²) in [5, 5.41) is 11.7. The Morgan fingerprint density at radius 3 is 2.44 bits per heavy atom. The van der Waals surface area contributed by atoms with E-state index in [0.717, 1.165) is 31.8 Å². The zero-order valence-corrected chi connectivity index (χ0v) is 10.5. The maximum atomic E-state index is 5.73. The van der Waals surface area contributed by atoms with Gasteiger partial charge in [-0.15, -0.1) is 10.2 Å². The quantitative estimate of drug-likeness (QED) is 0.877. The molecule has 0 unspecified atom stereocenters. The lowest BCUT2D eigenvalue weighted by molar-refractivity contribution is 0.287. The van der Waals surface area contributed by atoms with Crippen LogP contribution in [-0.4, -0.2) is 23.3 Å². The highest BCUT2D eigenvalue weighted by Gasteiger charge is 2.40. The third kappa shape index (κ3) is 1.82. The number of aromatic nitrogens is 2. The maximum absolute atomic E-state index is 5.73. The minimum atomic E-state index is -0.117. The smallest absolute Gasteiger partial charge is 0.227 e. The number of rotatable bonds is 2. The van der Waals surface area contributed by atoms with E-state index < -0.39 is 0 Å². The second-order valence-electron chi connectivity index (χ2n) is 4.82. The summed E-state index contributed by atoms with van der Waals surface area (Å²) in [6.07, 6.45) is 2.00. The Kier molecular flexibility index (Phi) is 2.88. The topological polar surface area (TPSA) is 51.0 Å². The molecule has 0 saturated carbocycles. The van der Waals surface area contributed by atoms with E-state index in [9.17, 15) is 0 Å². The summed E-state index contributed by atoms with van der Waals surface area (Å²) in [4.78, 5) is 0. The molecule has 94 valence electrons. The zero-order valence-electron chi connectivity index (χ0n) is 10.5. The van der Waals surface area contributed by atoms with Gasteiger partial charge in [0.05, 0.1) is 5.41 Å². The number of piperidine rings is 1. The monoisotopic (exact) mass is 243 g/mol. The number of hydrogen-bond donors (Lipinski definition) is 1. The van der Waals surface area contributed by atoms with Crippen molar-refractivity contribution in [2.45, 2.75) is 25.2 Å². The molecule has 0 radical (unpaired) electrons. The molecule has 4 nitrogen and oxygen atoms in total. The van der Waals surface area contributed by atoms with E-state index in [2.05, 4.69) is 39.8 Å². The molecule has 2 aromatic rings. The molecule has 0 atom stereocenters. The molecule has 0 aliphatic carbocycles. The molecule has 1 aliphatic heterocycles. The predicted molar refractivity (Wildman–Crippen MR) is 68.4 cm³/mol. The lowest BCUT2D eigenvalue weighted by Gasteiger charge is -2.34. The van der Waals surface area contributed by atoms with Gasteiger partial charge in [0, 0.05) is 6.92 Å². The molecule has 3 rings (SSSR count). The van der Waals surface area contributed by atoms with Crippen molar-refractivity contribution in [1.29, 1.82) is 0 Å². The first-order valence-electron chi connectivity index (χ1n) is 6.38. The minimum Gasteiger partial charge on any atom is -0.425 e. The van der Waals surface area contributed by atoms with Crippen LogP contribution in [0, 0.1) is 6.92 Å². The average molecular weight is 243 g/mol. The summed E-state index contributed by atoms with van der Waals surface area (Å²) in [6, 6.07) is 10.5. The predicted octanol–water partition coefficient (Wildman–Crippen LogP) is 2.05. The Morgan fingerprint density at radius 2 is 1.83 bits per heavy atom. The lowest BCUT2D eigenvalue weighted by Crippen LogP contribution is -2.41. The van der Waals surface area contributed by atoms with Gasteiger partial charge in [-0.1, -0.05) is 30.3 Å². The van der Waals surface area contributed by atoms with E-state index in [-0.39, 0.29) is 5.41 Å². The number of nitrogens with zero attached hydrogens (tertiary/aromatic N) is 2. The Hall–Kier alpha value is -1.68. The van der Waals surface area contributed by atoms with E-state index in [1.54, 1.807) is 0 Å². The Bertz CT molecular complexity index is 515. The fourth-order valence-electron chi connectivity index (χ4n) is 2.73. The molecule has 0 bridgehead atoms. The van der Waals surface area contributed by atoms with Gasteiger partial charge in [0.15, 0.2) is 0 Å². The molecule has 1 fully saturated rings. The van der Waals surface area contributed by atoms with E-state index >= 15 is 0 Å². The average Bonchev–Trinajstić information content (AvgIpc) is 2.88. The Labute approximate surface area is 106 Å². The number of nitrogens with one attached hydrogen (secondary N) is 1. The SMILES string of the molecule is Cc1nnc(C2(c3ccccc3)CCNCC2)o1. The van der Waals surface area contributed by atoms with Crippen LogP contribution in [0.4, 0.5) is 0 Å². The van der Waals surface area contributed by atoms with Crippen molar-refractivity contribution in [1.82, 2.24) is 15.5 Å². The van der Waals surface area contributed by atoms with Crippen LogP contribution < -0.4 is 5.32 Å². The van der Waals surface area contributed by atoms with Gasteiger partial charge in [0.2, 0.25) is 11.8 Å². The molecule has 0 spiro atoms. The van der Waals surface area contributed by atoms with Crippen LogP contribution in [0.1, 0.15) is 30.2 Å². The summed E-state index contributed by atoms with van der Waals surface area (Å²) < 4.78 is 5.73. The molecular formula is C14H17N3O. The van der Waals surface area contributed by atoms with Crippen molar-refractivity contribution in [3.8, 4) is 0 Å². The molecular weight excluding hydrogens is 226 g/mol. The van der Waals surface area contributed by atoms with Crippen LogP contribution in [-0.2, 0) is 5.41 Å². The van der Waals surface area contributed by atoms with Crippen LogP contribution in [0.5, 0.6) is 0 Å². The van der Waals surface area contributed by atoms with Crippen molar-refractivity contribution in [3.05, 3.63) is 47.7 Å². The molecule has 1 aromatic carbocycles. The fourth-order valence-corrected chi connectivity index (χ4v) is 2.73. The molecule has 2 heterocycles. The van der Waals surface area contributed by atoms with Crippen LogP contribution in [0.3, 0.4) is 0 Å². The highest BCUT2D eigenvalue weighted by molar-refractivity contribution is 5.32. The molecule has 0 amide bonds. The van der Waals surface area contributed by atoms with Crippen molar-refractivity contribution in [2.75, 3.05) is 13.1 Å². The summed E-state index contributed by atoms with van der Waals surface area (Å²) in [5.74, 6) is 1.39. The lowest BCUT2D eigenvalue weighted by atomic mass is 9.73. The van der Waals surface area contributed by atoms with Crippen LogP contribution >= 0.6 is 0 Å². The van der Waals surface area contributed by atoms with Gasteiger partial charge in [-0.25, -0.2) is 0 Å². The van der Waals surface area contributed by atoms with Crippen molar-refractivity contribution in [2.24, 2.45) is 0 Å². The highest BCUT2D eigenvalue weighted by Crippen LogP contribution is 2.39. The summed E-state index contributed by atoms with van der Waals surface area (Å²) >= 11 is 0. The van der Waals surface area contributed by atoms with Gasteiger partial charge in [0.1, 0.15) is 0 Å². The third-order valence-electron chi connectivity index (χ3n) is 3.72. The van der Waals surface area contributed by atoms with E-state index in [0.29, 0.717) is 5.89 Å². The molecule has 1 aliphatic rings. The van der Waals surface area contributed by atoms with Gasteiger partial charge >= 0.3 is 0 Å². The van der Waals surface area contributed by atoms with Gasteiger partial charge < -0.3 is 9.73 Å². The highest BCUT2D eigenvalue weighted by atomic mass is 16.4. The first-order chi connectivity index (χ1) is 8.81.